The largest absolute Gasteiger partial charge is 0.298 e. The number of nitrogens with zero attached hydrogens (tertiary/aromatic N) is 1. The highest BCUT2D eigenvalue weighted by Crippen LogP contribution is 2.27. The van der Waals surface area contributed by atoms with Gasteiger partial charge in [-0.05, 0) is 25.5 Å². The zero-order valence-electron chi connectivity index (χ0n) is 10.3. The molecule has 1 amide bonds. The van der Waals surface area contributed by atoms with E-state index in [0.29, 0.717) is 5.13 Å². The number of hydrogen-bond acceptors (Lipinski definition) is 3. The van der Waals surface area contributed by atoms with E-state index in [4.69, 9.17) is 0 Å². The first-order valence-corrected chi connectivity index (χ1v) is 6.49. The molecule has 18 heavy (non-hydrogen) atoms. The summed E-state index contributed by atoms with van der Waals surface area (Å²) in [6, 6.07) is 6.01. The molecule has 2 aromatic rings. The predicted molar refractivity (Wildman–Crippen MR) is 76.9 cm³/mol. The first-order chi connectivity index (χ1) is 8.70. The maximum atomic E-state index is 11.6. The van der Waals surface area contributed by atoms with Crippen LogP contribution < -0.4 is 5.32 Å². The summed E-state index contributed by atoms with van der Waals surface area (Å²) in [6.07, 6.45) is 6.86. The van der Waals surface area contributed by atoms with Gasteiger partial charge < -0.3 is 0 Å². The highest BCUT2D eigenvalue weighted by Gasteiger charge is 2.06. The summed E-state index contributed by atoms with van der Waals surface area (Å²) in [4.78, 5) is 16.0. The number of para-hydroxylation sites is 1. The van der Waals surface area contributed by atoms with E-state index in [1.807, 2.05) is 44.2 Å². The maximum Gasteiger partial charge on any atom is 0.250 e. The van der Waals surface area contributed by atoms with Crippen molar-refractivity contribution in [3.05, 3.63) is 48.1 Å². The number of rotatable bonds is 3. The molecule has 0 unspecified atom stereocenters. The fourth-order valence-corrected chi connectivity index (χ4v) is 2.49. The third-order valence-electron chi connectivity index (χ3n) is 2.40. The Labute approximate surface area is 110 Å². The van der Waals surface area contributed by atoms with Crippen LogP contribution >= 0.6 is 11.3 Å². The maximum absolute atomic E-state index is 11.6. The number of nitrogens with one attached hydrogen (secondary N) is 1. The molecule has 0 saturated heterocycles. The predicted octanol–water partition coefficient (Wildman–Crippen LogP) is 3.68. The molecule has 0 radical (unpaired) electrons. The number of allylic oxidation sites excluding steroid dienone is 3. The molecular formula is C14H14N2OS. The fourth-order valence-electron chi connectivity index (χ4n) is 1.54. The zero-order valence-corrected chi connectivity index (χ0v) is 11.1. The molecule has 3 nitrogen and oxygen atoms in total. The Morgan fingerprint density at radius 1 is 1.39 bits per heavy atom. The third-order valence-corrected chi connectivity index (χ3v) is 3.34. The number of hydrogen-bond donors (Lipinski definition) is 1. The van der Waals surface area contributed by atoms with Gasteiger partial charge in [-0.15, -0.1) is 0 Å². The van der Waals surface area contributed by atoms with E-state index < -0.39 is 0 Å². The lowest BCUT2D eigenvalue weighted by atomic mass is 10.2. The van der Waals surface area contributed by atoms with Crippen molar-refractivity contribution in [2.45, 2.75) is 13.8 Å². The molecule has 1 aromatic carbocycles. The number of benzene rings is 1. The van der Waals surface area contributed by atoms with Crippen LogP contribution in [0.5, 0.6) is 0 Å². The van der Waals surface area contributed by atoms with Gasteiger partial charge in [0.1, 0.15) is 0 Å². The van der Waals surface area contributed by atoms with Crippen molar-refractivity contribution < 1.29 is 4.79 Å². The molecule has 0 saturated carbocycles. The van der Waals surface area contributed by atoms with Gasteiger partial charge in [-0.3, -0.25) is 10.1 Å². The summed E-state index contributed by atoms with van der Waals surface area (Å²) in [5.41, 5.74) is 2.07. The number of carbonyl (C=O) groups excluding carboxylic acids is 1. The minimum atomic E-state index is -0.162. The molecule has 0 aliphatic rings. The second-order valence-corrected chi connectivity index (χ2v) is 4.85. The van der Waals surface area contributed by atoms with Crippen molar-refractivity contribution in [1.82, 2.24) is 4.98 Å². The Kier molecular flexibility index (Phi) is 3.89. The number of amides is 1. The molecule has 0 bridgehead atoms. The van der Waals surface area contributed by atoms with Crippen LogP contribution in [0.4, 0.5) is 5.13 Å². The Balaban J connectivity index is 2.17. The lowest BCUT2D eigenvalue weighted by Crippen LogP contribution is -2.07. The monoisotopic (exact) mass is 258 g/mol. The van der Waals surface area contributed by atoms with Crippen molar-refractivity contribution in [3.63, 3.8) is 0 Å². The van der Waals surface area contributed by atoms with Gasteiger partial charge >= 0.3 is 0 Å². The number of fused-ring (bicyclic) bond motifs is 1. The van der Waals surface area contributed by atoms with E-state index in [0.717, 1.165) is 15.8 Å². The second kappa shape index (κ2) is 5.60. The van der Waals surface area contributed by atoms with E-state index in [1.54, 1.807) is 6.08 Å². The number of aryl methyl sites for hydroxylation is 1. The van der Waals surface area contributed by atoms with Crippen molar-refractivity contribution >= 4 is 32.6 Å². The van der Waals surface area contributed by atoms with Gasteiger partial charge in [-0.1, -0.05) is 41.7 Å². The first-order valence-electron chi connectivity index (χ1n) is 5.67. The normalized spacial score (nSPS) is 11.7. The van der Waals surface area contributed by atoms with Crippen LogP contribution in [0.2, 0.25) is 0 Å². The third kappa shape index (κ3) is 2.84. The number of thiazole rings is 1. The van der Waals surface area contributed by atoms with Crippen LogP contribution in [0.1, 0.15) is 12.5 Å². The molecule has 4 heteroatoms. The second-order valence-electron chi connectivity index (χ2n) is 3.81. The molecule has 2 rings (SSSR count). The van der Waals surface area contributed by atoms with Gasteiger partial charge in [0.05, 0.1) is 10.2 Å². The highest BCUT2D eigenvalue weighted by molar-refractivity contribution is 7.22. The van der Waals surface area contributed by atoms with Crippen molar-refractivity contribution in [2.75, 3.05) is 5.32 Å². The van der Waals surface area contributed by atoms with Gasteiger partial charge in [-0.2, -0.15) is 0 Å². The van der Waals surface area contributed by atoms with Gasteiger partial charge in [0.25, 0.3) is 0 Å². The highest BCUT2D eigenvalue weighted by atomic mass is 32.1. The first kappa shape index (κ1) is 12.5. The minimum absolute atomic E-state index is 0.162. The van der Waals surface area contributed by atoms with Gasteiger partial charge in [0, 0.05) is 6.08 Å². The average molecular weight is 258 g/mol. The zero-order chi connectivity index (χ0) is 13.0. The Morgan fingerprint density at radius 3 is 2.94 bits per heavy atom. The topological polar surface area (TPSA) is 42.0 Å². The van der Waals surface area contributed by atoms with Crippen LogP contribution in [-0.2, 0) is 4.79 Å². The van der Waals surface area contributed by atoms with Crippen molar-refractivity contribution in [2.24, 2.45) is 0 Å². The van der Waals surface area contributed by atoms with Gasteiger partial charge in [0.15, 0.2) is 5.13 Å². The molecule has 1 aromatic heterocycles. The number of carbonyl (C=O) groups is 1. The Bertz CT molecular complexity index is 626. The average Bonchev–Trinajstić information content (AvgIpc) is 2.73. The molecule has 0 atom stereocenters. The minimum Gasteiger partial charge on any atom is -0.298 e. The van der Waals surface area contributed by atoms with Crippen LogP contribution in [0.25, 0.3) is 10.2 Å². The quantitative estimate of drug-likeness (QED) is 0.674. The molecule has 0 spiro atoms. The van der Waals surface area contributed by atoms with E-state index in [1.165, 1.54) is 17.4 Å². The van der Waals surface area contributed by atoms with E-state index in [2.05, 4.69) is 10.3 Å². The number of aromatic nitrogens is 1. The van der Waals surface area contributed by atoms with Crippen LogP contribution in [0.15, 0.2) is 42.5 Å². The summed E-state index contributed by atoms with van der Waals surface area (Å²) in [5, 5.41) is 3.40. The molecule has 92 valence electrons. The summed E-state index contributed by atoms with van der Waals surface area (Å²) in [5.74, 6) is -0.162. The number of anilines is 1. The SMILES string of the molecule is C/C=C/C=C/C(=O)Nc1nc2c(C)cccc2s1. The Morgan fingerprint density at radius 2 is 2.22 bits per heavy atom. The molecule has 0 aliphatic carbocycles. The Hall–Kier alpha value is -1.94. The van der Waals surface area contributed by atoms with E-state index in [9.17, 15) is 4.79 Å². The summed E-state index contributed by atoms with van der Waals surface area (Å²) >= 11 is 1.48. The van der Waals surface area contributed by atoms with E-state index >= 15 is 0 Å². The van der Waals surface area contributed by atoms with Crippen LogP contribution in [0, 0.1) is 6.92 Å². The van der Waals surface area contributed by atoms with E-state index in [-0.39, 0.29) is 5.91 Å². The summed E-state index contributed by atoms with van der Waals surface area (Å²) in [6.45, 7) is 3.91. The lowest BCUT2D eigenvalue weighted by molar-refractivity contribution is -0.111. The smallest absolute Gasteiger partial charge is 0.250 e. The molecular weight excluding hydrogens is 244 g/mol. The molecule has 1 N–H and O–H groups in total. The summed E-state index contributed by atoms with van der Waals surface area (Å²) in [7, 11) is 0. The van der Waals surface area contributed by atoms with Gasteiger partial charge in [0.2, 0.25) is 5.91 Å². The lowest BCUT2D eigenvalue weighted by Gasteiger charge is -1.94. The molecule has 0 fully saturated rings. The van der Waals surface area contributed by atoms with Gasteiger partial charge in [-0.25, -0.2) is 4.98 Å². The van der Waals surface area contributed by atoms with Crippen LogP contribution in [0.3, 0.4) is 0 Å². The van der Waals surface area contributed by atoms with Crippen molar-refractivity contribution in [1.29, 1.82) is 0 Å². The molecule has 1 heterocycles. The standard InChI is InChI=1S/C14H14N2OS/c1-3-4-5-9-12(17)15-14-16-13-10(2)7-6-8-11(13)18-14/h3-9H,1-2H3,(H,15,16,17)/b4-3+,9-5+. The summed E-state index contributed by atoms with van der Waals surface area (Å²) < 4.78 is 1.09. The fraction of sp³-hybridized carbons (Fsp3) is 0.143. The van der Waals surface area contributed by atoms with Crippen molar-refractivity contribution in [3.8, 4) is 0 Å². The van der Waals surface area contributed by atoms with Crippen LogP contribution in [-0.4, -0.2) is 10.9 Å². The molecule has 0 aliphatic heterocycles.